The predicted molar refractivity (Wildman–Crippen MR) is 117 cm³/mol. The van der Waals surface area contributed by atoms with Crippen molar-refractivity contribution < 1.29 is 19.1 Å². The molecule has 8 heteroatoms. The normalized spacial score (nSPS) is 15.1. The lowest BCUT2D eigenvalue weighted by atomic mass is 9.97. The summed E-state index contributed by atoms with van der Waals surface area (Å²) >= 11 is 0. The zero-order valence-corrected chi connectivity index (χ0v) is 19.3. The van der Waals surface area contributed by atoms with Gasteiger partial charge in [0.25, 0.3) is 0 Å². The Hall–Kier alpha value is -1.06. The molecule has 27 heavy (non-hydrogen) atoms. The maximum Gasteiger partial charge on any atom is 0.309 e. The van der Waals surface area contributed by atoms with E-state index < -0.39 is 0 Å². The van der Waals surface area contributed by atoms with Crippen LogP contribution in [0.4, 0.5) is 0 Å². The van der Waals surface area contributed by atoms with Gasteiger partial charge in [-0.25, -0.2) is 0 Å². The van der Waals surface area contributed by atoms with E-state index in [2.05, 4.69) is 15.2 Å². The van der Waals surface area contributed by atoms with Crippen LogP contribution in [0.3, 0.4) is 0 Å². The molecule has 0 saturated carbocycles. The first-order chi connectivity index (χ1) is 12.6. The van der Waals surface area contributed by atoms with Gasteiger partial charge in [0.2, 0.25) is 0 Å². The highest BCUT2D eigenvalue weighted by Gasteiger charge is 2.27. The summed E-state index contributed by atoms with van der Waals surface area (Å²) in [4.78, 5) is 29.6. The fraction of sp³-hybridized carbons (Fsp3) is 0.842. The van der Waals surface area contributed by atoms with Gasteiger partial charge in [-0.2, -0.15) is 0 Å². The molecule has 1 heterocycles. The highest BCUT2D eigenvalue weighted by Crippen LogP contribution is 2.18. The molecule has 0 aromatic rings. The molecule has 0 aromatic heterocycles. The van der Waals surface area contributed by atoms with Crippen LogP contribution in [0.1, 0.15) is 58.8 Å². The second-order valence-corrected chi connectivity index (χ2v) is 6.46. The molecule has 0 spiro atoms. The molecule has 0 unspecified atom stereocenters. The minimum atomic E-state index is -0.0998. The summed E-state index contributed by atoms with van der Waals surface area (Å²) in [6.45, 7) is 7.08. The lowest BCUT2D eigenvalue weighted by Gasteiger charge is -2.33. The number of esters is 2. The van der Waals surface area contributed by atoms with Gasteiger partial charge < -0.3 is 19.7 Å². The fourth-order valence-electron chi connectivity index (χ4n) is 3.10. The first kappa shape index (κ1) is 25.9. The van der Waals surface area contributed by atoms with Crippen molar-refractivity contribution in [2.24, 2.45) is 10.9 Å². The topological polar surface area (TPSA) is 80.2 Å². The van der Waals surface area contributed by atoms with E-state index in [0.29, 0.717) is 19.6 Å². The van der Waals surface area contributed by atoms with E-state index in [1.807, 2.05) is 13.8 Å². The molecule has 158 valence electrons. The lowest BCUT2D eigenvalue weighted by Crippen LogP contribution is -2.46. The number of nitrogens with one attached hydrogen (secondary N) is 1. The SMILES string of the molecule is CCOC(=O)CCCCCCNC(=NC)N1CCC(C(=O)OCC)CC1.I. The second-order valence-electron chi connectivity index (χ2n) is 6.46. The number of hydrogen-bond acceptors (Lipinski definition) is 5. The number of rotatable bonds is 10. The first-order valence-corrected chi connectivity index (χ1v) is 9.90. The highest BCUT2D eigenvalue weighted by molar-refractivity contribution is 14.0. The van der Waals surface area contributed by atoms with Crippen LogP contribution in [0.5, 0.6) is 0 Å². The Kier molecular flexibility index (Phi) is 15.3. The van der Waals surface area contributed by atoms with E-state index in [1.54, 1.807) is 7.05 Å². The molecular weight excluding hydrogens is 461 g/mol. The van der Waals surface area contributed by atoms with Gasteiger partial charge in [-0.05, 0) is 39.5 Å². The van der Waals surface area contributed by atoms with Gasteiger partial charge in [0.05, 0.1) is 19.1 Å². The number of nitrogens with zero attached hydrogens (tertiary/aromatic N) is 2. The molecule has 0 amide bonds. The third-order valence-corrected chi connectivity index (χ3v) is 4.52. The van der Waals surface area contributed by atoms with E-state index in [1.165, 1.54) is 0 Å². The van der Waals surface area contributed by atoms with E-state index in [-0.39, 0.29) is 41.8 Å². The number of carbonyl (C=O) groups excluding carboxylic acids is 2. The smallest absolute Gasteiger partial charge is 0.309 e. The Bertz CT molecular complexity index is 452. The number of piperidine rings is 1. The largest absolute Gasteiger partial charge is 0.466 e. The molecule has 0 bridgehead atoms. The molecule has 1 aliphatic heterocycles. The van der Waals surface area contributed by atoms with Crippen molar-refractivity contribution >= 4 is 41.9 Å². The molecule has 1 aliphatic rings. The van der Waals surface area contributed by atoms with Gasteiger partial charge >= 0.3 is 11.9 Å². The van der Waals surface area contributed by atoms with Crippen molar-refractivity contribution in [3.63, 3.8) is 0 Å². The van der Waals surface area contributed by atoms with E-state index in [0.717, 1.165) is 64.1 Å². The fourth-order valence-corrected chi connectivity index (χ4v) is 3.10. The lowest BCUT2D eigenvalue weighted by molar-refractivity contribution is -0.149. The Balaban J connectivity index is 0.00000676. The van der Waals surface area contributed by atoms with Crippen LogP contribution in [0.25, 0.3) is 0 Å². The van der Waals surface area contributed by atoms with Gasteiger partial charge in [-0.3, -0.25) is 14.6 Å². The van der Waals surface area contributed by atoms with Crippen molar-refractivity contribution in [2.45, 2.75) is 58.8 Å². The molecule has 1 fully saturated rings. The van der Waals surface area contributed by atoms with Crippen molar-refractivity contribution in [2.75, 3.05) is 39.9 Å². The maximum absolute atomic E-state index is 11.8. The van der Waals surface area contributed by atoms with Crippen molar-refractivity contribution in [1.82, 2.24) is 10.2 Å². The van der Waals surface area contributed by atoms with Gasteiger partial charge in [0, 0.05) is 33.1 Å². The average molecular weight is 497 g/mol. The molecule has 1 rings (SSSR count). The molecular formula is C19H36IN3O4. The van der Waals surface area contributed by atoms with E-state index in [4.69, 9.17) is 9.47 Å². The molecule has 0 aliphatic carbocycles. The Labute approximate surface area is 180 Å². The maximum atomic E-state index is 11.8. The number of carbonyl (C=O) groups is 2. The van der Waals surface area contributed by atoms with Crippen LogP contribution in [0.2, 0.25) is 0 Å². The summed E-state index contributed by atoms with van der Waals surface area (Å²) in [5, 5.41) is 3.40. The number of hydrogen-bond donors (Lipinski definition) is 1. The van der Waals surface area contributed by atoms with Crippen LogP contribution in [-0.2, 0) is 19.1 Å². The number of unbranched alkanes of at least 4 members (excludes halogenated alkanes) is 3. The van der Waals surface area contributed by atoms with Gasteiger partial charge in [-0.1, -0.05) is 12.8 Å². The van der Waals surface area contributed by atoms with Crippen molar-refractivity contribution in [3.05, 3.63) is 0 Å². The van der Waals surface area contributed by atoms with Crippen LogP contribution in [0, 0.1) is 5.92 Å². The summed E-state index contributed by atoms with van der Waals surface area (Å²) in [7, 11) is 1.79. The Morgan fingerprint density at radius 3 is 2.26 bits per heavy atom. The minimum Gasteiger partial charge on any atom is -0.466 e. The van der Waals surface area contributed by atoms with Gasteiger partial charge in [0.15, 0.2) is 5.96 Å². The van der Waals surface area contributed by atoms with E-state index >= 15 is 0 Å². The van der Waals surface area contributed by atoms with Crippen LogP contribution >= 0.6 is 24.0 Å². The number of ether oxygens (including phenoxy) is 2. The predicted octanol–water partition coefficient (Wildman–Crippen LogP) is 2.97. The molecule has 7 nitrogen and oxygen atoms in total. The molecule has 0 radical (unpaired) electrons. The average Bonchev–Trinajstić information content (AvgIpc) is 2.64. The number of aliphatic imine (C=N–C) groups is 1. The highest BCUT2D eigenvalue weighted by atomic mass is 127. The van der Waals surface area contributed by atoms with Gasteiger partial charge in [-0.15, -0.1) is 24.0 Å². The molecule has 0 atom stereocenters. The zero-order valence-electron chi connectivity index (χ0n) is 17.0. The standard InChI is InChI=1S/C19H35N3O4.HI/c1-4-25-17(23)10-8-6-7-9-13-21-19(20-3)22-14-11-16(12-15-22)18(24)26-5-2;/h16H,4-15H2,1-3H3,(H,20,21);1H. The zero-order chi connectivity index (χ0) is 19.2. The van der Waals surface area contributed by atoms with E-state index in [9.17, 15) is 9.59 Å². The second kappa shape index (κ2) is 15.9. The van der Waals surface area contributed by atoms with Gasteiger partial charge in [0.1, 0.15) is 0 Å². The minimum absolute atomic E-state index is 0. The first-order valence-electron chi connectivity index (χ1n) is 9.90. The summed E-state index contributed by atoms with van der Waals surface area (Å²) < 4.78 is 10.0. The molecule has 1 N–H and O–H groups in total. The quantitative estimate of drug-likeness (QED) is 0.164. The van der Waals surface area contributed by atoms with Crippen molar-refractivity contribution in [1.29, 1.82) is 0 Å². The Morgan fingerprint density at radius 1 is 1.04 bits per heavy atom. The number of guanidine groups is 1. The van der Waals surface area contributed by atoms with Crippen LogP contribution < -0.4 is 5.32 Å². The van der Waals surface area contributed by atoms with Crippen LogP contribution in [-0.4, -0.2) is 62.7 Å². The van der Waals surface area contributed by atoms with Crippen molar-refractivity contribution in [3.8, 4) is 0 Å². The summed E-state index contributed by atoms with van der Waals surface area (Å²) in [6, 6.07) is 0. The third-order valence-electron chi connectivity index (χ3n) is 4.52. The molecule has 1 saturated heterocycles. The number of halogens is 1. The Morgan fingerprint density at radius 2 is 1.67 bits per heavy atom. The monoisotopic (exact) mass is 497 g/mol. The molecule has 0 aromatic carbocycles. The summed E-state index contributed by atoms with van der Waals surface area (Å²) in [5.41, 5.74) is 0. The third kappa shape index (κ3) is 10.8. The number of likely N-dealkylation sites (tertiary alicyclic amines) is 1. The van der Waals surface area contributed by atoms with Crippen LogP contribution in [0.15, 0.2) is 4.99 Å². The summed E-state index contributed by atoms with van der Waals surface area (Å²) in [5.74, 6) is 0.748. The summed E-state index contributed by atoms with van der Waals surface area (Å²) in [6.07, 6.45) is 6.17.